The summed E-state index contributed by atoms with van der Waals surface area (Å²) in [4.78, 5) is 25.2. The van der Waals surface area contributed by atoms with Crippen LogP contribution in [0, 0.1) is 17.2 Å². The van der Waals surface area contributed by atoms with E-state index in [1.54, 1.807) is 0 Å². The molecule has 0 aromatic heterocycles. The Hall–Kier alpha value is -2.20. The van der Waals surface area contributed by atoms with Gasteiger partial charge in [0.2, 0.25) is 10.0 Å². The van der Waals surface area contributed by atoms with Crippen LogP contribution < -0.4 is 5.32 Å². The van der Waals surface area contributed by atoms with Crippen LogP contribution in [-0.2, 0) is 14.8 Å². The van der Waals surface area contributed by atoms with Crippen molar-refractivity contribution < 1.29 is 27.5 Å². The molecule has 2 aliphatic rings. The molecule has 0 spiro atoms. The smallest absolute Gasteiger partial charge is 0.321 e. The van der Waals surface area contributed by atoms with Crippen molar-refractivity contribution in [2.75, 3.05) is 32.5 Å². The van der Waals surface area contributed by atoms with E-state index in [1.165, 1.54) is 25.1 Å². The van der Waals surface area contributed by atoms with Crippen molar-refractivity contribution in [2.45, 2.75) is 24.2 Å². The van der Waals surface area contributed by atoms with Gasteiger partial charge in [0.05, 0.1) is 5.41 Å². The molecular formula is C17H22FN3O5S. The second kappa shape index (κ2) is 6.75. The summed E-state index contributed by atoms with van der Waals surface area (Å²) >= 11 is 0. The number of carbonyl (C=O) groups excluding carboxylic acids is 1. The van der Waals surface area contributed by atoms with E-state index in [0.29, 0.717) is 13.0 Å². The number of carboxylic acids is 1. The summed E-state index contributed by atoms with van der Waals surface area (Å²) in [7, 11) is -1.43. The van der Waals surface area contributed by atoms with Crippen molar-refractivity contribution in [1.29, 1.82) is 0 Å². The first-order chi connectivity index (χ1) is 12.6. The number of fused-ring (bicyclic) bond motifs is 1. The van der Waals surface area contributed by atoms with Crippen LogP contribution in [0.25, 0.3) is 0 Å². The fraction of sp³-hybridized carbons (Fsp3) is 0.529. The number of aliphatic carboxylic acids is 1. The number of hydrogen-bond donors (Lipinski definition) is 2. The van der Waals surface area contributed by atoms with Crippen molar-refractivity contribution in [3.8, 4) is 0 Å². The monoisotopic (exact) mass is 399 g/mol. The lowest BCUT2D eigenvalue weighted by molar-refractivity contribution is -0.149. The first-order valence-electron chi connectivity index (χ1n) is 8.59. The molecule has 1 saturated heterocycles. The molecule has 1 aliphatic heterocycles. The zero-order valence-corrected chi connectivity index (χ0v) is 15.9. The van der Waals surface area contributed by atoms with E-state index in [-0.39, 0.29) is 18.2 Å². The number of carbonyl (C=O) groups is 2. The summed E-state index contributed by atoms with van der Waals surface area (Å²) in [6.07, 6.45) is 2.13. The molecule has 1 aromatic carbocycles. The van der Waals surface area contributed by atoms with Crippen LogP contribution in [0.15, 0.2) is 23.1 Å². The molecule has 0 radical (unpaired) electrons. The van der Waals surface area contributed by atoms with Crippen LogP contribution in [0.2, 0.25) is 0 Å². The van der Waals surface area contributed by atoms with E-state index < -0.39 is 38.2 Å². The number of amides is 2. The Kier molecular flexibility index (Phi) is 4.89. The molecule has 1 aromatic rings. The van der Waals surface area contributed by atoms with Gasteiger partial charge in [-0.2, -0.15) is 0 Å². The molecule has 3 rings (SSSR count). The molecule has 27 heavy (non-hydrogen) atoms. The van der Waals surface area contributed by atoms with Crippen LogP contribution in [0.3, 0.4) is 0 Å². The molecule has 2 N–H and O–H groups in total. The summed E-state index contributed by atoms with van der Waals surface area (Å²) in [6.45, 7) is 0.449. The molecule has 2 amide bonds. The predicted octanol–water partition coefficient (Wildman–Crippen LogP) is 1.79. The number of sulfonamides is 1. The van der Waals surface area contributed by atoms with Crippen molar-refractivity contribution >= 4 is 27.7 Å². The average Bonchev–Trinajstić information content (AvgIpc) is 3.14. The lowest BCUT2D eigenvalue weighted by Gasteiger charge is -2.23. The molecular weight excluding hydrogens is 377 g/mol. The lowest BCUT2D eigenvalue weighted by Crippen LogP contribution is -2.38. The van der Waals surface area contributed by atoms with Gasteiger partial charge in [-0.1, -0.05) is 6.42 Å². The highest BCUT2D eigenvalue weighted by atomic mass is 32.2. The first-order valence-corrected chi connectivity index (χ1v) is 10.0. The van der Waals surface area contributed by atoms with E-state index in [4.69, 9.17) is 0 Å². The summed E-state index contributed by atoms with van der Waals surface area (Å²) in [5, 5.41) is 12.2. The third-order valence-corrected chi connectivity index (χ3v) is 7.36. The standard InChI is InChI=1S/C17H22FN3O5S/c1-20(2)27(25,26)14-8-12(5-6-13(14)18)19-16(24)21-9-11-4-3-7-17(11,10-21)15(22)23/h5-6,8,11H,3-4,7,9-10H2,1-2H3,(H,19,24)(H,22,23)/t11-,17+/m0/s1. The highest BCUT2D eigenvalue weighted by Crippen LogP contribution is 2.48. The van der Waals surface area contributed by atoms with Gasteiger partial charge in [0.15, 0.2) is 0 Å². The van der Waals surface area contributed by atoms with Crippen molar-refractivity contribution in [2.24, 2.45) is 11.3 Å². The van der Waals surface area contributed by atoms with Gasteiger partial charge in [-0.15, -0.1) is 0 Å². The Morgan fingerprint density at radius 2 is 2.07 bits per heavy atom. The molecule has 1 heterocycles. The van der Waals surface area contributed by atoms with E-state index >= 15 is 0 Å². The zero-order chi connectivity index (χ0) is 20.0. The highest BCUT2D eigenvalue weighted by molar-refractivity contribution is 7.89. The third-order valence-electron chi connectivity index (χ3n) is 5.52. The van der Waals surface area contributed by atoms with Crippen LogP contribution >= 0.6 is 0 Å². The number of likely N-dealkylation sites (tertiary alicyclic amines) is 1. The van der Waals surface area contributed by atoms with Crippen molar-refractivity contribution in [1.82, 2.24) is 9.21 Å². The molecule has 0 bridgehead atoms. The molecule has 8 nitrogen and oxygen atoms in total. The fourth-order valence-electron chi connectivity index (χ4n) is 3.97. The number of carboxylic acid groups (broad SMARTS) is 1. The maximum atomic E-state index is 14.0. The number of hydrogen-bond acceptors (Lipinski definition) is 4. The SMILES string of the molecule is CN(C)S(=O)(=O)c1cc(NC(=O)N2C[C@@H]3CCC[C@@]3(C(=O)O)C2)ccc1F. The Balaban J connectivity index is 1.79. The second-order valence-electron chi connectivity index (χ2n) is 7.29. The molecule has 2 atom stereocenters. The topological polar surface area (TPSA) is 107 Å². The quantitative estimate of drug-likeness (QED) is 0.803. The first kappa shape index (κ1) is 19.6. The van der Waals surface area contributed by atoms with Crippen LogP contribution in [0.4, 0.5) is 14.9 Å². The third kappa shape index (κ3) is 3.27. The summed E-state index contributed by atoms with van der Waals surface area (Å²) < 4.78 is 39.2. The summed E-state index contributed by atoms with van der Waals surface area (Å²) in [5.41, 5.74) is -0.775. The van der Waals surface area contributed by atoms with Crippen LogP contribution in [0.5, 0.6) is 0 Å². The Bertz CT molecular complexity index is 889. The fourth-order valence-corrected chi connectivity index (χ4v) is 4.96. The van der Waals surface area contributed by atoms with Gasteiger partial charge in [0.25, 0.3) is 0 Å². The lowest BCUT2D eigenvalue weighted by atomic mass is 9.81. The van der Waals surface area contributed by atoms with E-state index in [0.717, 1.165) is 29.3 Å². The Labute approximate surface area is 157 Å². The maximum Gasteiger partial charge on any atom is 0.321 e. The molecule has 2 fully saturated rings. The largest absolute Gasteiger partial charge is 0.481 e. The number of rotatable bonds is 4. The molecule has 10 heteroatoms. The number of halogens is 1. The Morgan fingerprint density at radius 1 is 1.37 bits per heavy atom. The van der Waals surface area contributed by atoms with E-state index in [9.17, 15) is 27.5 Å². The van der Waals surface area contributed by atoms with E-state index in [1.807, 2.05) is 0 Å². The van der Waals surface area contributed by atoms with E-state index in [2.05, 4.69) is 5.32 Å². The minimum Gasteiger partial charge on any atom is -0.481 e. The number of anilines is 1. The van der Waals surface area contributed by atoms with Gasteiger partial charge in [0.1, 0.15) is 10.7 Å². The van der Waals surface area contributed by atoms with Gasteiger partial charge in [0, 0.05) is 32.9 Å². The maximum absolute atomic E-state index is 14.0. The Morgan fingerprint density at radius 3 is 2.67 bits per heavy atom. The number of benzene rings is 1. The van der Waals surface area contributed by atoms with Crippen LogP contribution in [-0.4, -0.2) is 61.9 Å². The number of nitrogens with zero attached hydrogens (tertiary/aromatic N) is 2. The van der Waals surface area contributed by atoms with Crippen molar-refractivity contribution in [3.05, 3.63) is 24.0 Å². The summed E-state index contributed by atoms with van der Waals surface area (Å²) in [6, 6.07) is 2.78. The number of urea groups is 1. The predicted molar refractivity (Wildman–Crippen MR) is 95.3 cm³/mol. The van der Waals surface area contributed by atoms with Gasteiger partial charge in [-0.3, -0.25) is 4.79 Å². The number of nitrogens with one attached hydrogen (secondary N) is 1. The molecule has 1 saturated carbocycles. The van der Waals surface area contributed by atoms with Gasteiger partial charge < -0.3 is 15.3 Å². The molecule has 0 unspecified atom stereocenters. The van der Waals surface area contributed by atoms with Gasteiger partial charge >= 0.3 is 12.0 Å². The highest BCUT2D eigenvalue weighted by Gasteiger charge is 2.55. The van der Waals surface area contributed by atoms with Crippen molar-refractivity contribution in [3.63, 3.8) is 0 Å². The van der Waals surface area contributed by atoms with Gasteiger partial charge in [-0.25, -0.2) is 21.9 Å². The zero-order valence-electron chi connectivity index (χ0n) is 15.1. The average molecular weight is 399 g/mol. The molecule has 1 aliphatic carbocycles. The summed E-state index contributed by atoms with van der Waals surface area (Å²) in [5.74, 6) is -1.89. The minimum atomic E-state index is -4.00. The normalized spacial score (nSPS) is 24.9. The second-order valence-corrected chi connectivity index (χ2v) is 9.41. The minimum absolute atomic E-state index is 0.0846. The van der Waals surface area contributed by atoms with Crippen LogP contribution in [0.1, 0.15) is 19.3 Å². The molecule has 148 valence electrons. The van der Waals surface area contributed by atoms with Gasteiger partial charge in [-0.05, 0) is 37.0 Å².